The molecular formula is C16H16O. The maximum absolute atomic E-state index is 12.3. The van der Waals surface area contributed by atoms with Crippen LogP contribution in [0.5, 0.6) is 0 Å². The fraction of sp³-hybridized carbons (Fsp3) is 0.188. The zero-order chi connectivity index (χ0) is 12.3. The predicted molar refractivity (Wildman–Crippen MR) is 70.4 cm³/mol. The lowest BCUT2D eigenvalue weighted by Gasteiger charge is -2.06. The van der Waals surface area contributed by atoms with Crippen LogP contribution in [0.3, 0.4) is 0 Å². The van der Waals surface area contributed by atoms with Gasteiger partial charge in [0.1, 0.15) is 0 Å². The number of carbonyl (C=O) groups is 1. The number of ketones is 1. The van der Waals surface area contributed by atoms with Crippen LogP contribution in [-0.4, -0.2) is 5.78 Å². The Hall–Kier alpha value is -1.89. The predicted octanol–water partition coefficient (Wildman–Crippen LogP) is 3.79. The first-order chi connectivity index (χ1) is 8.22. The summed E-state index contributed by atoms with van der Waals surface area (Å²) in [5.74, 6) is 0.103. The van der Waals surface area contributed by atoms with E-state index in [-0.39, 0.29) is 5.78 Å². The highest BCUT2D eigenvalue weighted by molar-refractivity contribution is 6.09. The summed E-state index contributed by atoms with van der Waals surface area (Å²) in [7, 11) is 0. The second kappa shape index (κ2) is 4.96. The molecule has 2 rings (SSSR count). The van der Waals surface area contributed by atoms with Gasteiger partial charge in [0.25, 0.3) is 0 Å². The average Bonchev–Trinajstić information content (AvgIpc) is 2.39. The zero-order valence-electron chi connectivity index (χ0n) is 10.2. The van der Waals surface area contributed by atoms with Crippen LogP contribution in [0, 0.1) is 6.92 Å². The van der Waals surface area contributed by atoms with E-state index in [9.17, 15) is 4.79 Å². The fourth-order valence-corrected chi connectivity index (χ4v) is 1.95. The summed E-state index contributed by atoms with van der Waals surface area (Å²) in [6.45, 7) is 4.11. The molecule has 0 aliphatic heterocycles. The fourth-order valence-electron chi connectivity index (χ4n) is 1.95. The number of rotatable bonds is 3. The first-order valence-corrected chi connectivity index (χ1v) is 5.91. The Kier molecular flexibility index (Phi) is 3.38. The highest BCUT2D eigenvalue weighted by Gasteiger charge is 2.10. The molecule has 17 heavy (non-hydrogen) atoms. The van der Waals surface area contributed by atoms with Gasteiger partial charge in [-0.3, -0.25) is 4.79 Å². The van der Waals surface area contributed by atoms with Crippen molar-refractivity contribution >= 4 is 5.78 Å². The third kappa shape index (κ3) is 2.44. The molecule has 0 aliphatic carbocycles. The first-order valence-electron chi connectivity index (χ1n) is 5.91. The Bertz CT molecular complexity index is 526. The standard InChI is InChI=1S/C16H16O/c1-3-13-9-10-15(12(2)11-13)16(17)14-7-5-4-6-8-14/h4-11H,3H2,1-2H3. The van der Waals surface area contributed by atoms with Gasteiger partial charge in [-0.05, 0) is 24.5 Å². The molecule has 0 amide bonds. The summed E-state index contributed by atoms with van der Waals surface area (Å²) in [6, 6.07) is 15.5. The van der Waals surface area contributed by atoms with Crippen LogP contribution in [0.1, 0.15) is 34.0 Å². The van der Waals surface area contributed by atoms with Gasteiger partial charge in [-0.25, -0.2) is 0 Å². The minimum absolute atomic E-state index is 0.103. The van der Waals surface area contributed by atoms with Crippen LogP contribution >= 0.6 is 0 Å². The van der Waals surface area contributed by atoms with Crippen molar-refractivity contribution < 1.29 is 4.79 Å². The number of hydrogen-bond donors (Lipinski definition) is 0. The molecular weight excluding hydrogens is 208 g/mol. The largest absolute Gasteiger partial charge is 0.289 e. The molecule has 0 fully saturated rings. The second-order valence-electron chi connectivity index (χ2n) is 4.20. The second-order valence-corrected chi connectivity index (χ2v) is 4.20. The molecule has 86 valence electrons. The number of carbonyl (C=O) groups excluding carboxylic acids is 1. The maximum atomic E-state index is 12.3. The Morgan fingerprint density at radius 3 is 2.35 bits per heavy atom. The van der Waals surface area contributed by atoms with Crippen molar-refractivity contribution in [2.75, 3.05) is 0 Å². The Morgan fingerprint density at radius 2 is 1.76 bits per heavy atom. The topological polar surface area (TPSA) is 17.1 Å². The molecule has 0 radical (unpaired) electrons. The summed E-state index contributed by atoms with van der Waals surface area (Å²) < 4.78 is 0. The van der Waals surface area contributed by atoms with Crippen LogP contribution in [0.2, 0.25) is 0 Å². The van der Waals surface area contributed by atoms with E-state index in [1.807, 2.05) is 49.4 Å². The summed E-state index contributed by atoms with van der Waals surface area (Å²) in [5, 5.41) is 0. The third-order valence-corrected chi connectivity index (χ3v) is 2.98. The van der Waals surface area contributed by atoms with E-state index in [0.717, 1.165) is 23.1 Å². The Morgan fingerprint density at radius 1 is 1.06 bits per heavy atom. The molecule has 0 aromatic heterocycles. The average molecular weight is 224 g/mol. The molecule has 0 spiro atoms. The van der Waals surface area contributed by atoms with E-state index in [4.69, 9.17) is 0 Å². The van der Waals surface area contributed by atoms with E-state index >= 15 is 0 Å². The van der Waals surface area contributed by atoms with Gasteiger partial charge in [-0.1, -0.05) is 55.5 Å². The SMILES string of the molecule is CCc1ccc(C(=O)c2ccccc2)c(C)c1. The summed E-state index contributed by atoms with van der Waals surface area (Å²) in [6.07, 6.45) is 1.00. The molecule has 0 saturated carbocycles. The van der Waals surface area contributed by atoms with E-state index in [0.29, 0.717) is 0 Å². The molecule has 2 aromatic rings. The number of hydrogen-bond acceptors (Lipinski definition) is 1. The smallest absolute Gasteiger partial charge is 0.193 e. The van der Waals surface area contributed by atoms with E-state index in [1.54, 1.807) is 0 Å². The van der Waals surface area contributed by atoms with Crippen molar-refractivity contribution in [2.24, 2.45) is 0 Å². The Labute approximate surface area is 102 Å². The zero-order valence-corrected chi connectivity index (χ0v) is 10.2. The van der Waals surface area contributed by atoms with Crippen molar-refractivity contribution in [3.05, 3.63) is 70.8 Å². The maximum Gasteiger partial charge on any atom is 0.193 e. The van der Waals surface area contributed by atoms with E-state index in [2.05, 4.69) is 13.0 Å². The van der Waals surface area contributed by atoms with Gasteiger partial charge >= 0.3 is 0 Å². The highest BCUT2D eigenvalue weighted by atomic mass is 16.1. The molecule has 1 heteroatoms. The lowest BCUT2D eigenvalue weighted by atomic mass is 9.97. The summed E-state index contributed by atoms with van der Waals surface area (Å²) in [4.78, 5) is 12.3. The van der Waals surface area contributed by atoms with Crippen LogP contribution in [-0.2, 0) is 6.42 Å². The minimum Gasteiger partial charge on any atom is -0.289 e. The minimum atomic E-state index is 0.103. The van der Waals surface area contributed by atoms with Crippen molar-refractivity contribution in [1.82, 2.24) is 0 Å². The van der Waals surface area contributed by atoms with Crippen molar-refractivity contribution in [1.29, 1.82) is 0 Å². The normalized spacial score (nSPS) is 10.2. The molecule has 0 bridgehead atoms. The van der Waals surface area contributed by atoms with Crippen LogP contribution in [0.25, 0.3) is 0 Å². The van der Waals surface area contributed by atoms with Crippen LogP contribution in [0.15, 0.2) is 48.5 Å². The Balaban J connectivity index is 2.38. The van der Waals surface area contributed by atoms with Gasteiger partial charge in [-0.15, -0.1) is 0 Å². The quantitative estimate of drug-likeness (QED) is 0.725. The van der Waals surface area contributed by atoms with Gasteiger partial charge in [0.05, 0.1) is 0 Å². The lowest BCUT2D eigenvalue weighted by Crippen LogP contribution is -2.03. The monoisotopic (exact) mass is 224 g/mol. The molecule has 0 heterocycles. The molecule has 0 atom stereocenters. The highest BCUT2D eigenvalue weighted by Crippen LogP contribution is 2.16. The van der Waals surface area contributed by atoms with Crippen molar-refractivity contribution in [3.63, 3.8) is 0 Å². The molecule has 0 aliphatic rings. The molecule has 1 nitrogen and oxygen atoms in total. The van der Waals surface area contributed by atoms with Gasteiger partial charge < -0.3 is 0 Å². The molecule has 0 unspecified atom stereocenters. The van der Waals surface area contributed by atoms with Gasteiger partial charge in [-0.2, -0.15) is 0 Å². The number of aryl methyl sites for hydroxylation is 2. The van der Waals surface area contributed by atoms with Gasteiger partial charge in [0.2, 0.25) is 0 Å². The van der Waals surface area contributed by atoms with Gasteiger partial charge in [0, 0.05) is 11.1 Å². The summed E-state index contributed by atoms with van der Waals surface area (Å²) in [5.41, 5.74) is 3.87. The molecule has 2 aromatic carbocycles. The van der Waals surface area contributed by atoms with E-state index in [1.165, 1.54) is 5.56 Å². The van der Waals surface area contributed by atoms with Crippen LogP contribution < -0.4 is 0 Å². The molecule has 0 N–H and O–H groups in total. The number of benzene rings is 2. The van der Waals surface area contributed by atoms with Crippen molar-refractivity contribution in [3.8, 4) is 0 Å². The third-order valence-electron chi connectivity index (χ3n) is 2.98. The van der Waals surface area contributed by atoms with Crippen molar-refractivity contribution in [2.45, 2.75) is 20.3 Å². The first kappa shape index (κ1) is 11.6. The lowest BCUT2D eigenvalue weighted by molar-refractivity contribution is 0.103. The summed E-state index contributed by atoms with van der Waals surface area (Å²) >= 11 is 0. The van der Waals surface area contributed by atoms with E-state index < -0.39 is 0 Å². The van der Waals surface area contributed by atoms with Crippen LogP contribution in [0.4, 0.5) is 0 Å². The molecule has 0 saturated heterocycles. The van der Waals surface area contributed by atoms with Gasteiger partial charge in [0.15, 0.2) is 5.78 Å².